The van der Waals surface area contributed by atoms with Gasteiger partial charge in [0.15, 0.2) is 0 Å². The van der Waals surface area contributed by atoms with Crippen LogP contribution in [-0.2, 0) is 10.8 Å². The molecule has 10 aromatic carbocycles. The number of rotatable bonds is 4. The summed E-state index contributed by atoms with van der Waals surface area (Å²) >= 11 is 0. The molecule has 2 aliphatic rings. The Morgan fingerprint density at radius 3 is 1.45 bits per heavy atom. The fourth-order valence-corrected chi connectivity index (χ4v) is 11.4. The number of fused-ring (bicyclic) bond motifs is 15. The van der Waals surface area contributed by atoms with Crippen LogP contribution in [0.4, 0.5) is 17.1 Å². The second kappa shape index (κ2) is 12.6. The molecule has 62 heavy (non-hydrogen) atoms. The Labute approximate surface area is 361 Å². The maximum atomic E-state index is 7.44. The molecule has 294 valence electrons. The van der Waals surface area contributed by atoms with Gasteiger partial charge in [0, 0.05) is 38.5 Å². The van der Waals surface area contributed by atoms with Crippen LogP contribution >= 0.6 is 0 Å². The standard InChI is InChI=1S/C60H43NO/c1-59(2)50-26-13-11-21-43(50)45-30-28-37(34-52(45)59)61(38-29-31-46-44-22-12-14-27-51(44)60(3,4)53(46)35-38)54-33-32-49(40-25-15-17-36-16-5-6-18-39(36)40)58-56(54)55-47-23-9-7-19-41(47)42-20-8-10-24-48(42)57(55)62-58/h5-35H,1-4H3. The molecule has 2 aliphatic carbocycles. The van der Waals surface area contributed by atoms with Gasteiger partial charge in [-0.05, 0) is 113 Å². The van der Waals surface area contributed by atoms with E-state index < -0.39 is 0 Å². The zero-order valence-corrected chi connectivity index (χ0v) is 35.3. The highest BCUT2D eigenvalue weighted by Crippen LogP contribution is 2.55. The molecule has 1 aromatic heterocycles. The van der Waals surface area contributed by atoms with Crippen LogP contribution in [0.15, 0.2) is 192 Å². The maximum Gasteiger partial charge on any atom is 0.145 e. The van der Waals surface area contributed by atoms with Crippen molar-refractivity contribution in [3.05, 3.63) is 210 Å². The van der Waals surface area contributed by atoms with Gasteiger partial charge in [0.05, 0.1) is 11.1 Å². The first-order valence-electron chi connectivity index (χ1n) is 21.8. The van der Waals surface area contributed by atoms with E-state index in [1.54, 1.807) is 0 Å². The molecule has 0 unspecified atom stereocenters. The lowest BCUT2D eigenvalue weighted by Crippen LogP contribution is -2.18. The van der Waals surface area contributed by atoms with Gasteiger partial charge < -0.3 is 9.32 Å². The molecule has 0 spiro atoms. The molecular formula is C60H43NO. The second-order valence-corrected chi connectivity index (χ2v) is 18.4. The smallest absolute Gasteiger partial charge is 0.145 e. The third-order valence-electron chi connectivity index (χ3n) is 14.4. The Bertz CT molecular complexity index is 3600. The fraction of sp³-hybridized carbons (Fsp3) is 0.100. The summed E-state index contributed by atoms with van der Waals surface area (Å²) in [5, 5.41) is 9.38. The number of furan rings is 1. The highest BCUT2D eigenvalue weighted by Gasteiger charge is 2.38. The molecule has 0 amide bonds. The van der Waals surface area contributed by atoms with Gasteiger partial charge in [0.2, 0.25) is 0 Å². The van der Waals surface area contributed by atoms with Crippen molar-refractivity contribution < 1.29 is 4.42 Å². The summed E-state index contributed by atoms with van der Waals surface area (Å²) in [6.07, 6.45) is 0. The zero-order valence-electron chi connectivity index (χ0n) is 35.3. The van der Waals surface area contributed by atoms with Crippen LogP contribution < -0.4 is 4.90 Å². The first-order valence-corrected chi connectivity index (χ1v) is 21.8. The van der Waals surface area contributed by atoms with Gasteiger partial charge in [-0.3, -0.25) is 0 Å². The van der Waals surface area contributed by atoms with Crippen LogP contribution in [0.2, 0.25) is 0 Å². The summed E-state index contributed by atoms with van der Waals surface area (Å²) < 4.78 is 7.44. The van der Waals surface area contributed by atoms with E-state index in [-0.39, 0.29) is 10.8 Å². The monoisotopic (exact) mass is 793 g/mol. The van der Waals surface area contributed by atoms with Crippen molar-refractivity contribution in [1.82, 2.24) is 0 Å². The molecule has 0 bridgehead atoms. The summed E-state index contributed by atoms with van der Waals surface area (Å²) in [5.41, 5.74) is 17.7. The first-order chi connectivity index (χ1) is 30.3. The van der Waals surface area contributed by atoms with E-state index in [2.05, 4.69) is 221 Å². The fourth-order valence-electron chi connectivity index (χ4n) is 11.4. The molecule has 0 saturated carbocycles. The molecule has 0 fully saturated rings. The Balaban J connectivity index is 1.17. The lowest BCUT2D eigenvalue weighted by molar-refractivity contribution is 0.660. The Morgan fingerprint density at radius 1 is 0.339 bits per heavy atom. The second-order valence-electron chi connectivity index (χ2n) is 18.4. The van der Waals surface area contributed by atoms with Crippen LogP contribution in [0, 0.1) is 0 Å². The van der Waals surface area contributed by atoms with Gasteiger partial charge in [0.1, 0.15) is 11.2 Å². The minimum atomic E-state index is -0.166. The minimum Gasteiger partial charge on any atom is -0.455 e. The van der Waals surface area contributed by atoms with E-state index in [1.807, 2.05) is 0 Å². The lowest BCUT2D eigenvalue weighted by Gasteiger charge is -2.30. The molecule has 11 aromatic rings. The van der Waals surface area contributed by atoms with E-state index in [1.165, 1.54) is 71.4 Å². The predicted molar refractivity (Wildman–Crippen MR) is 261 cm³/mol. The number of hydrogen-bond acceptors (Lipinski definition) is 2. The normalized spacial score (nSPS) is 14.4. The molecule has 2 nitrogen and oxygen atoms in total. The van der Waals surface area contributed by atoms with Crippen molar-refractivity contribution in [2.24, 2.45) is 0 Å². The number of nitrogens with zero attached hydrogens (tertiary/aromatic N) is 1. The molecule has 1 heterocycles. The molecule has 0 atom stereocenters. The van der Waals surface area contributed by atoms with Crippen LogP contribution in [0.3, 0.4) is 0 Å². The van der Waals surface area contributed by atoms with Crippen molar-refractivity contribution in [2.75, 3.05) is 4.90 Å². The molecule has 0 radical (unpaired) electrons. The van der Waals surface area contributed by atoms with Crippen LogP contribution in [-0.4, -0.2) is 0 Å². The number of hydrogen-bond donors (Lipinski definition) is 0. The van der Waals surface area contributed by atoms with Crippen LogP contribution in [0.1, 0.15) is 49.9 Å². The maximum absolute atomic E-state index is 7.44. The topological polar surface area (TPSA) is 16.4 Å². The van der Waals surface area contributed by atoms with Gasteiger partial charge in [-0.2, -0.15) is 0 Å². The Morgan fingerprint density at radius 2 is 0.806 bits per heavy atom. The summed E-state index contributed by atoms with van der Waals surface area (Å²) in [4.78, 5) is 2.52. The molecule has 0 aliphatic heterocycles. The van der Waals surface area contributed by atoms with Gasteiger partial charge in [-0.15, -0.1) is 0 Å². The highest BCUT2D eigenvalue weighted by atomic mass is 16.3. The van der Waals surface area contributed by atoms with Crippen LogP contribution in [0.5, 0.6) is 0 Å². The first kappa shape index (κ1) is 35.3. The summed E-state index contributed by atoms with van der Waals surface area (Å²) in [7, 11) is 0. The minimum absolute atomic E-state index is 0.166. The quantitative estimate of drug-likeness (QED) is 0.165. The van der Waals surface area contributed by atoms with Crippen molar-refractivity contribution in [2.45, 2.75) is 38.5 Å². The number of anilines is 3. The van der Waals surface area contributed by atoms with Crippen LogP contribution in [0.25, 0.3) is 87.6 Å². The number of benzene rings is 10. The lowest BCUT2D eigenvalue weighted by atomic mass is 9.82. The molecular weight excluding hydrogens is 751 g/mol. The summed E-state index contributed by atoms with van der Waals surface area (Å²) in [5.74, 6) is 0. The van der Waals surface area contributed by atoms with E-state index in [4.69, 9.17) is 4.42 Å². The molecule has 13 rings (SSSR count). The van der Waals surface area contributed by atoms with Crippen molar-refractivity contribution >= 4 is 71.3 Å². The van der Waals surface area contributed by atoms with Crippen molar-refractivity contribution in [1.29, 1.82) is 0 Å². The third-order valence-corrected chi connectivity index (χ3v) is 14.4. The largest absolute Gasteiger partial charge is 0.455 e. The predicted octanol–water partition coefficient (Wildman–Crippen LogP) is 16.8. The molecule has 0 saturated heterocycles. The van der Waals surface area contributed by atoms with Gasteiger partial charge >= 0.3 is 0 Å². The molecule has 0 N–H and O–H groups in total. The Kier molecular flexibility index (Phi) is 7.16. The highest BCUT2D eigenvalue weighted by molar-refractivity contribution is 6.33. The summed E-state index contributed by atoms with van der Waals surface area (Å²) in [6.45, 7) is 9.50. The van der Waals surface area contributed by atoms with Gasteiger partial charge in [-0.25, -0.2) is 0 Å². The average Bonchev–Trinajstić information content (AvgIpc) is 3.90. The average molecular weight is 794 g/mol. The van der Waals surface area contributed by atoms with E-state index in [0.717, 1.165) is 55.5 Å². The van der Waals surface area contributed by atoms with Crippen molar-refractivity contribution in [3.8, 4) is 33.4 Å². The van der Waals surface area contributed by atoms with Gasteiger partial charge in [0.25, 0.3) is 0 Å². The van der Waals surface area contributed by atoms with Gasteiger partial charge in [-0.1, -0.05) is 179 Å². The van der Waals surface area contributed by atoms with E-state index >= 15 is 0 Å². The van der Waals surface area contributed by atoms with E-state index in [0.29, 0.717) is 0 Å². The third kappa shape index (κ3) is 4.70. The van der Waals surface area contributed by atoms with E-state index in [9.17, 15) is 0 Å². The summed E-state index contributed by atoms with van der Waals surface area (Å²) in [6, 6.07) is 69.8. The molecule has 2 heteroatoms. The SMILES string of the molecule is CC1(C)c2ccccc2-c2ccc(N(c3ccc4c(c3)C(C)(C)c3ccccc3-4)c3ccc(-c4cccc5ccccc45)c4oc5c6ccccc6c6ccccc6c5c34)cc21. The zero-order chi connectivity index (χ0) is 41.5. The van der Waals surface area contributed by atoms with Crippen molar-refractivity contribution in [3.63, 3.8) is 0 Å². The Hall–Kier alpha value is -7.42.